The summed E-state index contributed by atoms with van der Waals surface area (Å²) in [6.07, 6.45) is 6.51. The van der Waals surface area contributed by atoms with E-state index < -0.39 is 17.7 Å². The molecular weight excluding hydrogens is 418 g/mol. The lowest BCUT2D eigenvalue weighted by molar-refractivity contribution is -0.141. The predicted octanol–water partition coefficient (Wildman–Crippen LogP) is 3.54. The summed E-state index contributed by atoms with van der Waals surface area (Å²) >= 11 is 0. The number of esters is 1. The van der Waals surface area contributed by atoms with Crippen LogP contribution in [0.5, 0.6) is 0 Å². The van der Waals surface area contributed by atoms with Gasteiger partial charge in [-0.3, -0.25) is 9.59 Å². The van der Waals surface area contributed by atoms with Gasteiger partial charge in [-0.25, -0.2) is 13.8 Å². The first-order chi connectivity index (χ1) is 15.3. The second kappa shape index (κ2) is 10.7. The average Bonchev–Trinajstić information content (AvgIpc) is 3.22. The SMILES string of the molecule is CCCC(NC1CCc2cc(F)cc(F)c2C1)C(=O)Nc1cn(C(C)CC(=O)OC)cn1. The van der Waals surface area contributed by atoms with Crippen LogP contribution >= 0.6 is 0 Å². The van der Waals surface area contributed by atoms with Crippen LogP contribution in [0.25, 0.3) is 0 Å². The molecule has 0 saturated heterocycles. The molecule has 1 aliphatic rings. The number of nitrogens with one attached hydrogen (secondary N) is 2. The number of hydrogen-bond donors (Lipinski definition) is 2. The van der Waals surface area contributed by atoms with Crippen LogP contribution in [0.1, 0.15) is 56.7 Å². The third-order valence-electron chi connectivity index (χ3n) is 5.85. The summed E-state index contributed by atoms with van der Waals surface area (Å²) in [4.78, 5) is 28.6. The number of carbonyl (C=O) groups excluding carboxylic acids is 2. The zero-order chi connectivity index (χ0) is 23.3. The Hall–Kier alpha value is -2.81. The Bertz CT molecular complexity index is 963. The number of aromatic nitrogens is 2. The van der Waals surface area contributed by atoms with Crippen molar-refractivity contribution in [3.05, 3.63) is 47.4 Å². The molecule has 9 heteroatoms. The molecule has 3 rings (SSSR count). The molecule has 174 valence electrons. The minimum absolute atomic E-state index is 0.0811. The number of aryl methyl sites for hydroxylation is 1. The lowest BCUT2D eigenvalue weighted by Gasteiger charge is -2.29. The summed E-state index contributed by atoms with van der Waals surface area (Å²) in [5, 5.41) is 6.18. The number of carbonyl (C=O) groups is 2. The van der Waals surface area contributed by atoms with Crippen molar-refractivity contribution in [1.29, 1.82) is 0 Å². The summed E-state index contributed by atoms with van der Waals surface area (Å²) in [5.74, 6) is -1.24. The molecular formula is C23H30F2N4O3. The van der Waals surface area contributed by atoms with Gasteiger partial charge >= 0.3 is 5.97 Å². The zero-order valence-corrected chi connectivity index (χ0v) is 18.7. The topological polar surface area (TPSA) is 85.2 Å². The molecule has 0 saturated carbocycles. The molecule has 1 aromatic heterocycles. The van der Waals surface area contributed by atoms with Gasteiger partial charge in [0.15, 0.2) is 5.82 Å². The van der Waals surface area contributed by atoms with E-state index in [1.807, 2.05) is 13.8 Å². The Morgan fingerprint density at radius 2 is 2.12 bits per heavy atom. The molecule has 7 nitrogen and oxygen atoms in total. The van der Waals surface area contributed by atoms with Gasteiger partial charge in [0.25, 0.3) is 0 Å². The van der Waals surface area contributed by atoms with Crippen molar-refractivity contribution in [3.63, 3.8) is 0 Å². The van der Waals surface area contributed by atoms with Crippen molar-refractivity contribution < 1.29 is 23.1 Å². The summed E-state index contributed by atoms with van der Waals surface area (Å²) in [6.45, 7) is 3.85. The van der Waals surface area contributed by atoms with E-state index in [4.69, 9.17) is 0 Å². The Labute approximate surface area is 186 Å². The van der Waals surface area contributed by atoms with E-state index in [0.29, 0.717) is 42.6 Å². The van der Waals surface area contributed by atoms with E-state index in [1.54, 1.807) is 17.1 Å². The van der Waals surface area contributed by atoms with Crippen LogP contribution in [0.3, 0.4) is 0 Å². The maximum atomic E-state index is 14.2. The Morgan fingerprint density at radius 1 is 1.34 bits per heavy atom. The third-order valence-corrected chi connectivity index (χ3v) is 5.85. The number of imidazole rings is 1. The number of benzene rings is 1. The minimum Gasteiger partial charge on any atom is -0.469 e. The molecule has 3 atom stereocenters. The number of fused-ring (bicyclic) bond motifs is 1. The number of anilines is 1. The molecule has 3 unspecified atom stereocenters. The van der Waals surface area contributed by atoms with E-state index in [2.05, 4.69) is 20.4 Å². The second-order valence-corrected chi connectivity index (χ2v) is 8.30. The molecule has 0 radical (unpaired) electrons. The fourth-order valence-corrected chi connectivity index (χ4v) is 4.08. The first-order valence-corrected chi connectivity index (χ1v) is 10.9. The van der Waals surface area contributed by atoms with E-state index in [1.165, 1.54) is 13.2 Å². The maximum absolute atomic E-state index is 14.2. The van der Waals surface area contributed by atoms with Gasteiger partial charge in [0.2, 0.25) is 5.91 Å². The molecule has 0 bridgehead atoms. The number of rotatable bonds is 9. The Balaban J connectivity index is 1.62. The van der Waals surface area contributed by atoms with Crippen molar-refractivity contribution in [2.24, 2.45) is 0 Å². The van der Waals surface area contributed by atoms with Crippen LogP contribution in [0.2, 0.25) is 0 Å². The zero-order valence-electron chi connectivity index (χ0n) is 18.7. The van der Waals surface area contributed by atoms with Crippen molar-refractivity contribution in [1.82, 2.24) is 14.9 Å². The van der Waals surface area contributed by atoms with Gasteiger partial charge in [0.05, 0.1) is 25.9 Å². The number of amides is 1. The van der Waals surface area contributed by atoms with E-state index >= 15 is 0 Å². The molecule has 2 aromatic rings. The lowest BCUT2D eigenvalue weighted by atomic mass is 9.87. The highest BCUT2D eigenvalue weighted by Crippen LogP contribution is 2.26. The van der Waals surface area contributed by atoms with Crippen LogP contribution in [-0.4, -0.2) is 40.6 Å². The van der Waals surface area contributed by atoms with Crippen molar-refractivity contribution in [3.8, 4) is 0 Å². The monoisotopic (exact) mass is 448 g/mol. The average molecular weight is 449 g/mol. The Kier molecular flexibility index (Phi) is 7.95. The normalized spacial score (nSPS) is 17.3. The lowest BCUT2D eigenvalue weighted by Crippen LogP contribution is -2.48. The van der Waals surface area contributed by atoms with Crippen molar-refractivity contribution in [2.45, 2.75) is 70.5 Å². The van der Waals surface area contributed by atoms with Crippen LogP contribution < -0.4 is 10.6 Å². The Morgan fingerprint density at radius 3 is 2.84 bits per heavy atom. The first-order valence-electron chi connectivity index (χ1n) is 10.9. The summed E-state index contributed by atoms with van der Waals surface area (Å²) < 4.78 is 34.1. The number of nitrogens with zero attached hydrogens (tertiary/aromatic N) is 2. The van der Waals surface area contributed by atoms with Gasteiger partial charge in [-0.05, 0) is 49.8 Å². The quantitative estimate of drug-likeness (QED) is 0.573. The van der Waals surface area contributed by atoms with Crippen LogP contribution in [-0.2, 0) is 27.2 Å². The minimum atomic E-state index is -0.559. The third kappa shape index (κ3) is 5.91. The van der Waals surface area contributed by atoms with E-state index in [9.17, 15) is 18.4 Å². The van der Waals surface area contributed by atoms with Gasteiger partial charge in [0, 0.05) is 24.3 Å². The molecule has 0 fully saturated rings. The van der Waals surface area contributed by atoms with Crippen molar-refractivity contribution >= 4 is 17.7 Å². The molecule has 32 heavy (non-hydrogen) atoms. The highest BCUT2D eigenvalue weighted by atomic mass is 19.1. The number of ether oxygens (including phenoxy) is 1. The summed E-state index contributed by atoms with van der Waals surface area (Å²) in [5.41, 5.74) is 1.22. The largest absolute Gasteiger partial charge is 0.469 e. The van der Waals surface area contributed by atoms with E-state index in [0.717, 1.165) is 12.5 Å². The molecule has 0 spiro atoms. The fourth-order valence-electron chi connectivity index (χ4n) is 4.08. The van der Waals surface area contributed by atoms with Crippen LogP contribution in [0.4, 0.5) is 14.6 Å². The number of methoxy groups -OCH3 is 1. The van der Waals surface area contributed by atoms with Gasteiger partial charge in [-0.1, -0.05) is 13.3 Å². The van der Waals surface area contributed by atoms with Crippen LogP contribution in [0.15, 0.2) is 24.7 Å². The fraction of sp³-hybridized carbons (Fsp3) is 0.522. The maximum Gasteiger partial charge on any atom is 0.307 e. The molecule has 1 aliphatic carbocycles. The van der Waals surface area contributed by atoms with Gasteiger partial charge in [0.1, 0.15) is 11.6 Å². The van der Waals surface area contributed by atoms with Crippen LogP contribution in [0, 0.1) is 11.6 Å². The molecule has 1 heterocycles. The standard InChI is InChI=1S/C23H30F2N4O3/c1-4-5-20(27-17-7-6-15-9-16(24)10-19(25)18(15)11-17)23(31)28-21-12-29(13-26-21)14(2)8-22(30)32-3/h9-10,12-14,17,20,27H,4-8,11H2,1-3H3,(H,28,31). The number of hydrogen-bond acceptors (Lipinski definition) is 5. The van der Waals surface area contributed by atoms with Crippen molar-refractivity contribution in [2.75, 3.05) is 12.4 Å². The summed E-state index contributed by atoms with van der Waals surface area (Å²) in [6, 6.07) is 1.60. The van der Waals surface area contributed by atoms with Gasteiger partial charge in [-0.15, -0.1) is 0 Å². The van der Waals surface area contributed by atoms with Gasteiger partial charge in [-0.2, -0.15) is 0 Å². The van der Waals surface area contributed by atoms with Gasteiger partial charge < -0.3 is 19.9 Å². The highest BCUT2D eigenvalue weighted by molar-refractivity contribution is 5.94. The molecule has 1 amide bonds. The molecule has 2 N–H and O–H groups in total. The summed E-state index contributed by atoms with van der Waals surface area (Å²) in [7, 11) is 1.34. The highest BCUT2D eigenvalue weighted by Gasteiger charge is 2.27. The molecule has 0 aliphatic heterocycles. The first kappa shape index (κ1) is 23.8. The predicted molar refractivity (Wildman–Crippen MR) is 116 cm³/mol. The second-order valence-electron chi connectivity index (χ2n) is 8.30. The smallest absolute Gasteiger partial charge is 0.307 e. The number of halogens is 2. The van der Waals surface area contributed by atoms with E-state index in [-0.39, 0.29) is 30.4 Å². The molecule has 1 aromatic carbocycles.